The minimum atomic E-state index is -0.650. The molecule has 212 valence electrons. The van der Waals surface area contributed by atoms with E-state index in [9.17, 15) is 24.0 Å². The van der Waals surface area contributed by atoms with Crippen molar-refractivity contribution in [2.24, 2.45) is 0 Å². The summed E-state index contributed by atoms with van der Waals surface area (Å²) >= 11 is 12.5. The van der Waals surface area contributed by atoms with Crippen molar-refractivity contribution in [2.45, 2.75) is 6.54 Å². The van der Waals surface area contributed by atoms with Crippen molar-refractivity contribution in [3.8, 4) is 5.69 Å². The Bertz CT molecular complexity index is 1750. The average Bonchev–Trinajstić information content (AvgIpc) is 3.50. The number of fused-ring (bicyclic) bond motifs is 1. The van der Waals surface area contributed by atoms with Gasteiger partial charge in [0.15, 0.2) is 11.6 Å². The van der Waals surface area contributed by atoms with Crippen molar-refractivity contribution < 1.29 is 24.0 Å². The van der Waals surface area contributed by atoms with Gasteiger partial charge in [-0.25, -0.2) is 9.67 Å². The van der Waals surface area contributed by atoms with Crippen LogP contribution in [-0.2, 0) is 11.3 Å². The van der Waals surface area contributed by atoms with Crippen LogP contribution in [0.1, 0.15) is 53.1 Å². The van der Waals surface area contributed by atoms with Gasteiger partial charge in [0.25, 0.3) is 17.7 Å². The van der Waals surface area contributed by atoms with E-state index in [2.05, 4.69) is 15.4 Å². The number of carbonyl (C=O) groups is 5. The molecule has 0 fully saturated rings. The van der Waals surface area contributed by atoms with E-state index >= 15 is 0 Å². The standard InChI is InChI=1S/C29H22Cl2N6O5/c1-35(2)29(42)26-33-23(14-32-24(38)15-36-27(40)17-7-3-4-8-18(17)28(36)41)37(34-26)22-12-11-16(30)13-20(22)25(39)19-9-5-6-10-21(19)31/h3-13H,14-15H2,1-2H3,(H,32,38). The zero-order chi connectivity index (χ0) is 30.1. The Morgan fingerprint density at radius 3 is 2.17 bits per heavy atom. The number of carbonyl (C=O) groups excluding carboxylic acids is 5. The lowest BCUT2D eigenvalue weighted by molar-refractivity contribution is -0.121. The molecule has 5 rings (SSSR count). The Kier molecular flexibility index (Phi) is 7.88. The monoisotopic (exact) mass is 604 g/mol. The summed E-state index contributed by atoms with van der Waals surface area (Å²) in [5, 5.41) is 7.47. The summed E-state index contributed by atoms with van der Waals surface area (Å²) in [6.45, 7) is -0.779. The van der Waals surface area contributed by atoms with Crippen LogP contribution < -0.4 is 5.32 Å². The predicted octanol–water partition coefficient (Wildman–Crippen LogP) is 3.42. The first-order chi connectivity index (χ1) is 20.1. The maximum absolute atomic E-state index is 13.6. The van der Waals surface area contributed by atoms with Crippen LogP contribution in [0.25, 0.3) is 5.69 Å². The van der Waals surface area contributed by atoms with Gasteiger partial charge in [0, 0.05) is 30.2 Å². The van der Waals surface area contributed by atoms with E-state index in [0.29, 0.717) is 0 Å². The fourth-order valence-electron chi connectivity index (χ4n) is 4.37. The highest BCUT2D eigenvalue weighted by Crippen LogP contribution is 2.27. The highest BCUT2D eigenvalue weighted by Gasteiger charge is 2.36. The zero-order valence-electron chi connectivity index (χ0n) is 22.3. The Morgan fingerprint density at radius 1 is 0.881 bits per heavy atom. The first-order valence-corrected chi connectivity index (χ1v) is 13.3. The lowest BCUT2D eigenvalue weighted by atomic mass is 10.0. The van der Waals surface area contributed by atoms with E-state index in [0.717, 1.165) is 4.90 Å². The zero-order valence-corrected chi connectivity index (χ0v) is 23.8. The van der Waals surface area contributed by atoms with Gasteiger partial charge in [-0.1, -0.05) is 47.5 Å². The highest BCUT2D eigenvalue weighted by atomic mass is 35.5. The molecule has 42 heavy (non-hydrogen) atoms. The van der Waals surface area contributed by atoms with Gasteiger partial charge >= 0.3 is 0 Å². The molecule has 0 radical (unpaired) electrons. The molecule has 0 bridgehead atoms. The first-order valence-electron chi connectivity index (χ1n) is 12.6. The molecular weight excluding hydrogens is 583 g/mol. The Morgan fingerprint density at radius 2 is 1.52 bits per heavy atom. The van der Waals surface area contributed by atoms with Crippen molar-refractivity contribution in [1.29, 1.82) is 0 Å². The normalized spacial score (nSPS) is 12.3. The van der Waals surface area contributed by atoms with Gasteiger partial charge in [0.1, 0.15) is 6.54 Å². The number of benzene rings is 3. The van der Waals surface area contributed by atoms with E-state index in [-0.39, 0.29) is 56.2 Å². The van der Waals surface area contributed by atoms with E-state index in [1.165, 1.54) is 47.9 Å². The molecular formula is C29H22Cl2N6O5. The van der Waals surface area contributed by atoms with E-state index in [4.69, 9.17) is 23.2 Å². The van der Waals surface area contributed by atoms with Crippen molar-refractivity contribution in [3.63, 3.8) is 0 Å². The summed E-state index contributed by atoms with van der Waals surface area (Å²) in [6, 6.07) is 17.3. The molecule has 0 saturated carbocycles. The SMILES string of the molecule is CN(C)C(=O)c1nc(CNC(=O)CN2C(=O)c3ccccc3C2=O)n(-c2ccc(Cl)cc2C(=O)c2ccccc2Cl)n1. The lowest BCUT2D eigenvalue weighted by Gasteiger charge is -2.15. The van der Waals surface area contributed by atoms with Gasteiger partial charge in [-0.3, -0.25) is 28.9 Å². The molecule has 0 unspecified atom stereocenters. The van der Waals surface area contributed by atoms with Crippen LogP contribution in [0.4, 0.5) is 0 Å². The molecule has 4 aromatic rings. The highest BCUT2D eigenvalue weighted by molar-refractivity contribution is 6.35. The molecule has 0 atom stereocenters. The van der Waals surface area contributed by atoms with Crippen molar-refractivity contribution in [2.75, 3.05) is 20.6 Å². The number of hydrogen-bond acceptors (Lipinski definition) is 7. The summed E-state index contributed by atoms with van der Waals surface area (Å²) in [4.78, 5) is 71.0. The first kappa shape index (κ1) is 28.7. The molecule has 1 aliphatic heterocycles. The number of aromatic nitrogens is 3. The van der Waals surface area contributed by atoms with Crippen molar-refractivity contribution >= 4 is 52.6 Å². The minimum Gasteiger partial charge on any atom is -0.347 e. The Balaban J connectivity index is 1.46. The largest absolute Gasteiger partial charge is 0.347 e. The predicted molar refractivity (Wildman–Crippen MR) is 153 cm³/mol. The summed E-state index contributed by atoms with van der Waals surface area (Å²) in [5.41, 5.74) is 1.03. The number of amides is 4. The second-order valence-corrected chi connectivity index (χ2v) is 10.3. The second-order valence-electron chi connectivity index (χ2n) is 9.45. The number of halogens is 2. The molecule has 1 aliphatic rings. The summed E-state index contributed by atoms with van der Waals surface area (Å²) in [6.07, 6.45) is 0. The maximum Gasteiger partial charge on any atom is 0.293 e. The molecule has 0 aliphatic carbocycles. The van der Waals surface area contributed by atoms with Crippen LogP contribution in [0.3, 0.4) is 0 Å². The van der Waals surface area contributed by atoms with Crippen LogP contribution in [-0.4, -0.2) is 74.6 Å². The molecule has 1 aromatic heterocycles. The van der Waals surface area contributed by atoms with Gasteiger partial charge in [0.05, 0.1) is 28.4 Å². The third kappa shape index (κ3) is 5.39. The molecule has 11 nitrogen and oxygen atoms in total. The van der Waals surface area contributed by atoms with Crippen molar-refractivity contribution in [1.82, 2.24) is 29.9 Å². The third-order valence-electron chi connectivity index (χ3n) is 6.45. The number of ketones is 1. The molecule has 3 aromatic carbocycles. The van der Waals surface area contributed by atoms with Crippen molar-refractivity contribution in [3.05, 3.63) is 111 Å². The van der Waals surface area contributed by atoms with Crippen LogP contribution in [0, 0.1) is 0 Å². The molecule has 4 amide bonds. The topological polar surface area (TPSA) is 135 Å². The Hall–Kier alpha value is -4.87. The number of nitrogens with zero attached hydrogens (tertiary/aromatic N) is 5. The smallest absolute Gasteiger partial charge is 0.293 e. The number of hydrogen-bond donors (Lipinski definition) is 1. The van der Waals surface area contributed by atoms with E-state index in [1.807, 2.05) is 0 Å². The maximum atomic E-state index is 13.6. The second kappa shape index (κ2) is 11.6. The Labute approximate surface area is 249 Å². The van der Waals surface area contributed by atoms with Gasteiger partial charge in [0.2, 0.25) is 11.7 Å². The van der Waals surface area contributed by atoms with Crippen LogP contribution >= 0.6 is 23.2 Å². The fraction of sp³-hybridized carbons (Fsp3) is 0.138. The number of rotatable bonds is 8. The van der Waals surface area contributed by atoms with Gasteiger partial charge in [-0.15, -0.1) is 5.10 Å². The number of nitrogens with one attached hydrogen (secondary N) is 1. The fourth-order valence-corrected chi connectivity index (χ4v) is 4.76. The van der Waals surface area contributed by atoms with Crippen LogP contribution in [0.5, 0.6) is 0 Å². The molecule has 2 heterocycles. The average molecular weight is 605 g/mol. The van der Waals surface area contributed by atoms with Crippen LogP contribution in [0.15, 0.2) is 66.7 Å². The van der Waals surface area contributed by atoms with Crippen LogP contribution in [0.2, 0.25) is 10.0 Å². The molecule has 1 N–H and O–H groups in total. The number of imide groups is 1. The van der Waals surface area contributed by atoms with Gasteiger partial charge in [-0.05, 0) is 42.5 Å². The van der Waals surface area contributed by atoms with E-state index in [1.54, 1.807) is 42.5 Å². The molecule has 13 heteroatoms. The lowest BCUT2D eigenvalue weighted by Crippen LogP contribution is -2.40. The summed E-state index contributed by atoms with van der Waals surface area (Å²) < 4.78 is 1.26. The van der Waals surface area contributed by atoms with Gasteiger partial charge in [-0.2, -0.15) is 0 Å². The molecule has 0 saturated heterocycles. The van der Waals surface area contributed by atoms with E-state index < -0.39 is 36.0 Å². The summed E-state index contributed by atoms with van der Waals surface area (Å²) in [5.74, 6) is -2.84. The summed E-state index contributed by atoms with van der Waals surface area (Å²) in [7, 11) is 3.06. The molecule has 0 spiro atoms. The third-order valence-corrected chi connectivity index (χ3v) is 7.01. The quantitative estimate of drug-likeness (QED) is 0.240. The minimum absolute atomic E-state index is 0.103. The van der Waals surface area contributed by atoms with Gasteiger partial charge < -0.3 is 10.2 Å².